The van der Waals surface area contributed by atoms with Crippen molar-refractivity contribution in [3.63, 3.8) is 0 Å². The Morgan fingerprint density at radius 1 is 1.23 bits per heavy atom. The lowest BCUT2D eigenvalue weighted by Gasteiger charge is -2.09. The zero-order valence-electron chi connectivity index (χ0n) is 12.6. The molecule has 2 aromatic heterocycles. The Kier molecular flexibility index (Phi) is 3.24. The molecule has 0 atom stereocenters. The number of halogens is 1. The number of fused-ring (bicyclic) bond motifs is 1. The molecule has 0 saturated carbocycles. The molecule has 6 heteroatoms. The summed E-state index contributed by atoms with van der Waals surface area (Å²) >= 11 is 0. The number of aryl methyl sites for hydroxylation is 3. The van der Waals surface area contributed by atoms with Gasteiger partial charge >= 0.3 is 5.69 Å². The maximum atomic E-state index is 14.4. The average molecular weight is 301 g/mol. The maximum absolute atomic E-state index is 14.4. The Labute approximate surface area is 125 Å². The zero-order valence-corrected chi connectivity index (χ0v) is 12.6. The number of aromatic nitrogens is 3. The SMILES string of the molecule is CCc1ccc(-n2c(=O)[nH]c3cc(C)c(=O)n(C)c32)c(F)c1. The predicted molar refractivity (Wildman–Crippen MR) is 83.2 cm³/mol. The number of H-pyrrole nitrogens is 1. The van der Waals surface area contributed by atoms with Crippen LogP contribution in [0.15, 0.2) is 33.9 Å². The van der Waals surface area contributed by atoms with Crippen LogP contribution in [0.5, 0.6) is 0 Å². The third kappa shape index (κ3) is 1.99. The minimum absolute atomic E-state index is 0.132. The van der Waals surface area contributed by atoms with E-state index in [0.29, 0.717) is 23.1 Å². The monoisotopic (exact) mass is 301 g/mol. The van der Waals surface area contributed by atoms with Gasteiger partial charge in [0.1, 0.15) is 11.5 Å². The zero-order chi connectivity index (χ0) is 16.0. The molecular weight excluding hydrogens is 285 g/mol. The first-order valence-corrected chi connectivity index (χ1v) is 7.04. The molecule has 0 spiro atoms. The molecule has 0 fully saturated rings. The molecule has 0 unspecified atom stereocenters. The standard InChI is InChI=1S/C16H16FN3O2/c1-4-10-5-6-13(11(17)8-10)20-14-12(18-16(20)22)7-9(2)15(21)19(14)3/h5-8H,4H2,1-3H3,(H,18,22). The largest absolute Gasteiger partial charge is 0.332 e. The van der Waals surface area contributed by atoms with Gasteiger partial charge in [-0.05, 0) is 37.1 Å². The van der Waals surface area contributed by atoms with E-state index in [1.807, 2.05) is 6.92 Å². The summed E-state index contributed by atoms with van der Waals surface area (Å²) in [6.45, 7) is 3.60. The second-order valence-electron chi connectivity index (χ2n) is 5.33. The highest BCUT2D eigenvalue weighted by Gasteiger charge is 2.16. The summed E-state index contributed by atoms with van der Waals surface area (Å²) in [4.78, 5) is 27.0. The first-order chi connectivity index (χ1) is 10.4. The summed E-state index contributed by atoms with van der Waals surface area (Å²) in [7, 11) is 1.57. The molecule has 0 saturated heterocycles. The van der Waals surface area contributed by atoms with Crippen molar-refractivity contribution in [2.45, 2.75) is 20.3 Å². The Morgan fingerprint density at radius 2 is 1.95 bits per heavy atom. The topological polar surface area (TPSA) is 59.8 Å². The van der Waals surface area contributed by atoms with E-state index in [-0.39, 0.29) is 11.2 Å². The van der Waals surface area contributed by atoms with Crippen molar-refractivity contribution in [3.05, 3.63) is 62.0 Å². The summed E-state index contributed by atoms with van der Waals surface area (Å²) in [6, 6.07) is 6.35. The van der Waals surface area contributed by atoms with E-state index < -0.39 is 11.5 Å². The molecule has 0 aliphatic heterocycles. The molecule has 114 valence electrons. The van der Waals surface area contributed by atoms with E-state index in [1.54, 1.807) is 32.2 Å². The number of nitrogens with zero attached hydrogens (tertiary/aromatic N) is 2. The Bertz CT molecular complexity index is 995. The molecule has 1 N–H and O–H groups in total. The number of hydrogen-bond acceptors (Lipinski definition) is 2. The van der Waals surface area contributed by atoms with Crippen molar-refractivity contribution < 1.29 is 4.39 Å². The highest BCUT2D eigenvalue weighted by Crippen LogP contribution is 2.19. The number of pyridine rings is 1. The van der Waals surface area contributed by atoms with Gasteiger partial charge in [0.25, 0.3) is 5.56 Å². The average Bonchev–Trinajstić information content (AvgIpc) is 2.81. The molecule has 3 aromatic rings. The summed E-state index contributed by atoms with van der Waals surface area (Å²) in [5.41, 5.74) is 1.66. The van der Waals surface area contributed by atoms with E-state index in [0.717, 1.165) is 5.56 Å². The minimum atomic E-state index is -0.490. The number of rotatable bonds is 2. The van der Waals surface area contributed by atoms with Gasteiger partial charge in [0.05, 0.1) is 11.2 Å². The van der Waals surface area contributed by atoms with Crippen LogP contribution in [0.3, 0.4) is 0 Å². The molecule has 0 aliphatic rings. The van der Waals surface area contributed by atoms with Crippen LogP contribution in [0, 0.1) is 12.7 Å². The van der Waals surface area contributed by atoms with E-state index in [1.165, 1.54) is 15.2 Å². The predicted octanol–water partition coefficient (Wildman–Crippen LogP) is 2.03. The molecule has 3 rings (SSSR count). The molecule has 22 heavy (non-hydrogen) atoms. The van der Waals surface area contributed by atoms with Crippen molar-refractivity contribution in [3.8, 4) is 5.69 Å². The molecule has 2 heterocycles. The summed E-state index contributed by atoms with van der Waals surface area (Å²) < 4.78 is 16.9. The number of hydrogen-bond donors (Lipinski definition) is 1. The molecule has 5 nitrogen and oxygen atoms in total. The maximum Gasteiger partial charge on any atom is 0.332 e. The van der Waals surface area contributed by atoms with E-state index in [9.17, 15) is 14.0 Å². The molecule has 0 amide bonds. The normalized spacial score (nSPS) is 11.3. The second-order valence-corrected chi connectivity index (χ2v) is 5.33. The third-order valence-corrected chi connectivity index (χ3v) is 3.88. The Balaban J connectivity index is 2.41. The Morgan fingerprint density at radius 3 is 2.59 bits per heavy atom. The van der Waals surface area contributed by atoms with Crippen LogP contribution in [-0.2, 0) is 13.5 Å². The van der Waals surface area contributed by atoms with Crippen molar-refractivity contribution >= 4 is 11.2 Å². The Hall–Kier alpha value is -2.63. The summed E-state index contributed by atoms with van der Waals surface area (Å²) in [6.07, 6.45) is 0.706. The van der Waals surface area contributed by atoms with Crippen LogP contribution < -0.4 is 11.2 Å². The fraction of sp³-hybridized carbons (Fsp3) is 0.250. The molecule has 0 radical (unpaired) electrons. The first-order valence-electron chi connectivity index (χ1n) is 7.04. The van der Waals surface area contributed by atoms with Crippen LogP contribution >= 0.6 is 0 Å². The van der Waals surface area contributed by atoms with E-state index in [2.05, 4.69) is 4.98 Å². The van der Waals surface area contributed by atoms with E-state index >= 15 is 0 Å². The number of imidazole rings is 1. The van der Waals surface area contributed by atoms with Gasteiger partial charge in [-0.15, -0.1) is 0 Å². The quantitative estimate of drug-likeness (QED) is 0.787. The van der Waals surface area contributed by atoms with Gasteiger partial charge in [-0.2, -0.15) is 0 Å². The van der Waals surface area contributed by atoms with Crippen LogP contribution in [0.2, 0.25) is 0 Å². The second kappa shape index (κ2) is 4.98. The van der Waals surface area contributed by atoms with Crippen LogP contribution in [0.1, 0.15) is 18.1 Å². The lowest BCUT2D eigenvalue weighted by molar-refractivity contribution is 0.614. The van der Waals surface area contributed by atoms with Gasteiger partial charge in [0, 0.05) is 12.6 Å². The van der Waals surface area contributed by atoms with Gasteiger partial charge in [-0.25, -0.2) is 13.8 Å². The number of nitrogens with one attached hydrogen (secondary N) is 1. The molecular formula is C16H16FN3O2. The van der Waals surface area contributed by atoms with Crippen LogP contribution in [-0.4, -0.2) is 14.1 Å². The van der Waals surface area contributed by atoms with Gasteiger partial charge in [0.15, 0.2) is 0 Å². The number of benzene rings is 1. The van der Waals surface area contributed by atoms with Crippen molar-refractivity contribution in [2.24, 2.45) is 7.05 Å². The van der Waals surface area contributed by atoms with Crippen LogP contribution in [0.4, 0.5) is 4.39 Å². The van der Waals surface area contributed by atoms with Gasteiger partial charge < -0.3 is 4.98 Å². The van der Waals surface area contributed by atoms with Crippen molar-refractivity contribution in [2.75, 3.05) is 0 Å². The van der Waals surface area contributed by atoms with E-state index in [4.69, 9.17) is 0 Å². The molecule has 1 aromatic carbocycles. The van der Waals surface area contributed by atoms with Gasteiger partial charge in [-0.1, -0.05) is 13.0 Å². The molecule has 0 bridgehead atoms. The van der Waals surface area contributed by atoms with Crippen molar-refractivity contribution in [1.29, 1.82) is 0 Å². The lowest BCUT2D eigenvalue weighted by atomic mass is 10.1. The molecule has 0 aliphatic carbocycles. The van der Waals surface area contributed by atoms with Crippen molar-refractivity contribution in [1.82, 2.24) is 14.1 Å². The van der Waals surface area contributed by atoms with Gasteiger partial charge in [0.2, 0.25) is 0 Å². The fourth-order valence-electron chi connectivity index (χ4n) is 2.69. The first kappa shape index (κ1) is 14.3. The fourth-order valence-corrected chi connectivity index (χ4v) is 2.69. The number of aromatic amines is 1. The lowest BCUT2D eigenvalue weighted by Crippen LogP contribution is -2.23. The smallest absolute Gasteiger partial charge is 0.304 e. The van der Waals surface area contributed by atoms with Gasteiger partial charge in [-0.3, -0.25) is 9.36 Å². The summed E-state index contributed by atoms with van der Waals surface area (Å²) in [5, 5.41) is 0. The highest BCUT2D eigenvalue weighted by molar-refractivity contribution is 5.74. The summed E-state index contributed by atoms with van der Waals surface area (Å²) in [5.74, 6) is -0.490. The highest BCUT2D eigenvalue weighted by atomic mass is 19.1. The van der Waals surface area contributed by atoms with Crippen LogP contribution in [0.25, 0.3) is 16.9 Å². The third-order valence-electron chi connectivity index (χ3n) is 3.88. The minimum Gasteiger partial charge on any atom is -0.304 e.